The molecule has 3 aromatic rings. The van der Waals surface area contributed by atoms with Crippen LogP contribution in [0.1, 0.15) is 5.56 Å². The molecule has 2 aromatic heterocycles. The highest BCUT2D eigenvalue weighted by Gasteiger charge is 2.15. The fraction of sp³-hybridized carbons (Fsp3) is 0.300. The van der Waals surface area contributed by atoms with E-state index in [1.165, 1.54) is 10.7 Å². The fourth-order valence-electron chi connectivity index (χ4n) is 3.39. The lowest BCUT2D eigenvalue weighted by Crippen LogP contribution is -2.44. The van der Waals surface area contributed by atoms with E-state index in [-0.39, 0.29) is 16.5 Å². The molecule has 0 aliphatic carbocycles. The highest BCUT2D eigenvalue weighted by molar-refractivity contribution is 6.29. The molecule has 1 fully saturated rings. The number of nitrogens with zero attached hydrogens (tertiary/aromatic N) is 5. The molecule has 1 aliphatic heterocycles. The summed E-state index contributed by atoms with van der Waals surface area (Å²) >= 11 is 5.91. The molecule has 2 N–H and O–H groups in total. The second-order valence-electron chi connectivity index (χ2n) is 7.09. The van der Waals surface area contributed by atoms with Crippen LogP contribution in [0.15, 0.2) is 42.6 Å². The molecule has 0 atom stereocenters. The minimum Gasteiger partial charge on any atom is -0.368 e. The lowest BCUT2D eigenvalue weighted by Gasteiger charge is -2.33. The monoisotopic (exact) mass is 395 g/mol. The van der Waals surface area contributed by atoms with Gasteiger partial charge in [-0.2, -0.15) is 5.10 Å². The number of pyridine rings is 1. The van der Waals surface area contributed by atoms with Crippen LogP contribution in [-0.2, 0) is 6.42 Å². The third kappa shape index (κ3) is 3.90. The van der Waals surface area contributed by atoms with E-state index in [1.807, 2.05) is 18.3 Å². The smallest absolute Gasteiger partial charge is 0.150 e. The van der Waals surface area contributed by atoms with Gasteiger partial charge in [0.05, 0.1) is 17.4 Å². The van der Waals surface area contributed by atoms with Gasteiger partial charge in [0.2, 0.25) is 0 Å². The van der Waals surface area contributed by atoms with Gasteiger partial charge in [0.15, 0.2) is 0 Å². The number of hydrogen-bond acceptors (Lipinski definition) is 6. The van der Waals surface area contributed by atoms with Gasteiger partial charge in [0, 0.05) is 38.0 Å². The molecule has 7 nitrogen and oxygen atoms in total. The highest BCUT2D eigenvalue weighted by atomic mass is 35.5. The topological polar surface area (TPSA) is 84.9 Å². The van der Waals surface area contributed by atoms with E-state index in [9.17, 15) is 0 Å². The van der Waals surface area contributed by atoms with Crippen LogP contribution in [0, 0.1) is 10.8 Å². The van der Waals surface area contributed by atoms with Gasteiger partial charge in [-0.15, -0.1) is 0 Å². The normalized spacial score (nSPS) is 15.1. The van der Waals surface area contributed by atoms with Gasteiger partial charge in [0.1, 0.15) is 16.5 Å². The van der Waals surface area contributed by atoms with Crippen molar-refractivity contribution in [2.24, 2.45) is 0 Å². The van der Waals surface area contributed by atoms with Crippen LogP contribution in [0.3, 0.4) is 0 Å². The maximum Gasteiger partial charge on any atom is 0.150 e. The molecular formula is C20H22ClN7. The van der Waals surface area contributed by atoms with E-state index in [2.05, 4.69) is 39.1 Å². The number of benzene rings is 1. The van der Waals surface area contributed by atoms with Crippen molar-refractivity contribution < 1.29 is 0 Å². The molecule has 1 saturated heterocycles. The van der Waals surface area contributed by atoms with Gasteiger partial charge in [0.25, 0.3) is 0 Å². The molecule has 144 valence electrons. The lowest BCUT2D eigenvalue weighted by atomic mass is 10.1. The zero-order valence-electron chi connectivity index (χ0n) is 15.7. The van der Waals surface area contributed by atoms with Crippen LogP contribution in [0.25, 0.3) is 10.9 Å². The molecule has 0 unspecified atom stereocenters. The Hall–Kier alpha value is -2.77. The molecule has 0 amide bonds. The number of halogens is 1. The lowest BCUT2D eigenvalue weighted by molar-refractivity contribution is 0.313. The third-order valence-corrected chi connectivity index (χ3v) is 5.23. The van der Waals surface area contributed by atoms with Crippen molar-refractivity contribution in [1.82, 2.24) is 19.7 Å². The average molecular weight is 396 g/mol. The molecule has 0 bridgehead atoms. The van der Waals surface area contributed by atoms with Gasteiger partial charge >= 0.3 is 0 Å². The summed E-state index contributed by atoms with van der Waals surface area (Å²) in [7, 11) is 2.15. The summed E-state index contributed by atoms with van der Waals surface area (Å²) in [4.78, 5) is 9.30. The van der Waals surface area contributed by atoms with Crippen molar-refractivity contribution in [3.05, 3.63) is 58.8 Å². The molecule has 0 spiro atoms. The minimum atomic E-state index is 0.134. The first-order valence-electron chi connectivity index (χ1n) is 9.20. The van der Waals surface area contributed by atoms with Gasteiger partial charge in [-0.1, -0.05) is 17.7 Å². The summed E-state index contributed by atoms with van der Waals surface area (Å²) in [5.41, 5.74) is 3.17. The Morgan fingerprint density at radius 3 is 2.68 bits per heavy atom. The van der Waals surface area contributed by atoms with Crippen LogP contribution >= 0.6 is 11.6 Å². The number of aromatic nitrogens is 3. The number of nitrogens with one attached hydrogen (secondary N) is 2. The van der Waals surface area contributed by atoms with Crippen molar-refractivity contribution >= 4 is 34.0 Å². The summed E-state index contributed by atoms with van der Waals surface area (Å²) in [6.07, 6.45) is 2.30. The van der Waals surface area contributed by atoms with Gasteiger partial charge < -0.3 is 9.80 Å². The Kier molecular flexibility index (Phi) is 5.11. The van der Waals surface area contributed by atoms with Crippen LogP contribution in [0.5, 0.6) is 0 Å². The summed E-state index contributed by atoms with van der Waals surface area (Å²) in [5, 5.41) is 21.6. The molecule has 0 saturated carbocycles. The summed E-state index contributed by atoms with van der Waals surface area (Å²) in [5.74, 6) is 0.204. The fourth-order valence-corrected chi connectivity index (χ4v) is 3.53. The number of rotatable bonds is 3. The van der Waals surface area contributed by atoms with E-state index in [0.717, 1.165) is 48.3 Å². The number of anilines is 1. The first kappa shape index (κ1) is 18.6. The SMILES string of the molecule is CN1CCN(c2cnc3ccc(CC(=N)n4nc(Cl)ccc4=N)cc3c2)CC1. The summed E-state index contributed by atoms with van der Waals surface area (Å²) in [6, 6.07) is 11.3. The van der Waals surface area contributed by atoms with Crippen LogP contribution < -0.4 is 10.4 Å². The van der Waals surface area contributed by atoms with Gasteiger partial charge in [-0.3, -0.25) is 15.8 Å². The Balaban J connectivity index is 1.59. The first-order valence-corrected chi connectivity index (χ1v) is 9.58. The largest absolute Gasteiger partial charge is 0.368 e. The molecule has 0 radical (unpaired) electrons. The van der Waals surface area contributed by atoms with E-state index in [1.54, 1.807) is 6.07 Å². The number of piperazine rings is 1. The highest BCUT2D eigenvalue weighted by Crippen LogP contribution is 2.22. The Labute approximate surface area is 168 Å². The molecule has 8 heteroatoms. The standard InChI is InChI=1S/C20H22ClN7/c1-26-6-8-27(9-7-26)16-12-15-10-14(2-3-17(15)24-13-16)11-20(23)28-19(22)5-4-18(21)25-28/h2-5,10,12-13,22-23H,6-9,11H2,1H3. The number of fused-ring (bicyclic) bond motifs is 1. The third-order valence-electron chi connectivity index (χ3n) is 5.03. The summed E-state index contributed by atoms with van der Waals surface area (Å²) in [6.45, 7) is 4.10. The predicted octanol–water partition coefficient (Wildman–Crippen LogP) is 2.38. The molecule has 1 aliphatic rings. The molecular weight excluding hydrogens is 374 g/mol. The zero-order valence-corrected chi connectivity index (χ0v) is 16.4. The quantitative estimate of drug-likeness (QED) is 0.526. The Bertz CT molecular complexity index is 1080. The van der Waals surface area contributed by atoms with Crippen LogP contribution in [0.4, 0.5) is 5.69 Å². The van der Waals surface area contributed by atoms with E-state index >= 15 is 0 Å². The average Bonchev–Trinajstić information content (AvgIpc) is 2.70. The van der Waals surface area contributed by atoms with Crippen molar-refractivity contribution in [1.29, 1.82) is 10.8 Å². The van der Waals surface area contributed by atoms with Crippen molar-refractivity contribution in [2.45, 2.75) is 6.42 Å². The van der Waals surface area contributed by atoms with Gasteiger partial charge in [-0.25, -0.2) is 4.68 Å². The second-order valence-corrected chi connectivity index (χ2v) is 7.47. The number of hydrogen-bond donors (Lipinski definition) is 2. The molecule has 28 heavy (non-hydrogen) atoms. The minimum absolute atomic E-state index is 0.134. The second kappa shape index (κ2) is 7.69. The van der Waals surface area contributed by atoms with Crippen LogP contribution in [0.2, 0.25) is 5.15 Å². The van der Waals surface area contributed by atoms with Crippen molar-refractivity contribution in [3.8, 4) is 0 Å². The molecule has 4 rings (SSSR count). The van der Waals surface area contributed by atoms with E-state index in [0.29, 0.717) is 6.42 Å². The van der Waals surface area contributed by atoms with E-state index < -0.39 is 0 Å². The van der Waals surface area contributed by atoms with Crippen molar-refractivity contribution in [2.75, 3.05) is 38.1 Å². The van der Waals surface area contributed by atoms with Crippen LogP contribution in [-0.4, -0.2) is 58.7 Å². The Morgan fingerprint density at radius 2 is 1.89 bits per heavy atom. The van der Waals surface area contributed by atoms with Gasteiger partial charge in [-0.05, 0) is 42.9 Å². The Morgan fingerprint density at radius 1 is 1.11 bits per heavy atom. The maximum atomic E-state index is 8.33. The predicted molar refractivity (Wildman–Crippen MR) is 111 cm³/mol. The molecule has 3 heterocycles. The first-order chi connectivity index (χ1) is 13.5. The maximum absolute atomic E-state index is 8.33. The summed E-state index contributed by atoms with van der Waals surface area (Å²) < 4.78 is 1.26. The van der Waals surface area contributed by atoms with E-state index in [4.69, 9.17) is 22.4 Å². The van der Waals surface area contributed by atoms with Crippen molar-refractivity contribution in [3.63, 3.8) is 0 Å². The zero-order chi connectivity index (χ0) is 19.7. The number of likely N-dealkylation sites (N-methyl/N-ethyl adjacent to an activating group) is 1. The molecule has 1 aromatic carbocycles.